The van der Waals surface area contributed by atoms with Crippen LogP contribution in [0.5, 0.6) is 0 Å². The Labute approximate surface area is 202 Å². The first-order valence-corrected chi connectivity index (χ1v) is 12.6. The Morgan fingerprint density at radius 2 is 1.71 bits per heavy atom. The highest BCUT2D eigenvalue weighted by Crippen LogP contribution is 2.25. The standard InChI is InChI=1S/C24H26N6O4S/c25-24(26)28-18-8-6-16(7-9-18)14-27-22(31)21-13-11-19-10-12-20(23(32)30(19)21)29-35(33,34)15-17-4-2-1-3-5-17/h1-10,12,21,29H,11,13-15H2,(H,27,31)(H4,25,26,28). The molecule has 0 aliphatic carbocycles. The molecule has 0 fully saturated rings. The minimum Gasteiger partial charge on any atom is -0.370 e. The van der Waals surface area contributed by atoms with Crippen molar-refractivity contribution in [2.45, 2.75) is 31.2 Å². The van der Waals surface area contributed by atoms with Gasteiger partial charge in [0.15, 0.2) is 5.96 Å². The summed E-state index contributed by atoms with van der Waals surface area (Å²) >= 11 is 0. The van der Waals surface area contributed by atoms with Gasteiger partial charge < -0.3 is 16.8 Å². The maximum atomic E-state index is 13.1. The molecular formula is C24H26N6O4S. The molecule has 2 aromatic carbocycles. The van der Waals surface area contributed by atoms with E-state index in [9.17, 15) is 18.0 Å². The molecule has 11 heteroatoms. The largest absolute Gasteiger partial charge is 0.370 e. The fourth-order valence-electron chi connectivity index (χ4n) is 4.02. The van der Waals surface area contributed by atoms with Crippen LogP contribution >= 0.6 is 0 Å². The van der Waals surface area contributed by atoms with Gasteiger partial charge in [-0.15, -0.1) is 0 Å². The van der Waals surface area contributed by atoms with Crippen molar-refractivity contribution >= 4 is 33.3 Å². The molecule has 1 aromatic heterocycles. The van der Waals surface area contributed by atoms with E-state index in [0.29, 0.717) is 29.8 Å². The van der Waals surface area contributed by atoms with Gasteiger partial charge in [0, 0.05) is 12.2 Å². The topological polar surface area (TPSA) is 162 Å². The van der Waals surface area contributed by atoms with Crippen LogP contribution in [0.4, 0.5) is 11.4 Å². The maximum absolute atomic E-state index is 13.1. The lowest BCUT2D eigenvalue weighted by atomic mass is 10.1. The molecule has 1 aliphatic rings. The van der Waals surface area contributed by atoms with Crippen molar-refractivity contribution in [3.8, 4) is 0 Å². The minimum absolute atomic E-state index is 0.0434. The molecule has 0 saturated heterocycles. The number of hydrogen-bond donors (Lipinski definition) is 4. The number of hydrogen-bond acceptors (Lipinski definition) is 5. The van der Waals surface area contributed by atoms with Crippen molar-refractivity contribution in [2.75, 3.05) is 4.72 Å². The summed E-state index contributed by atoms with van der Waals surface area (Å²) in [4.78, 5) is 30.0. The predicted octanol–water partition coefficient (Wildman–Crippen LogP) is 1.50. The Hall–Kier alpha value is -4.12. The van der Waals surface area contributed by atoms with E-state index in [1.807, 2.05) is 0 Å². The molecule has 0 saturated carbocycles. The van der Waals surface area contributed by atoms with Crippen molar-refractivity contribution in [1.82, 2.24) is 9.88 Å². The van der Waals surface area contributed by atoms with Crippen molar-refractivity contribution in [3.63, 3.8) is 0 Å². The number of anilines is 1. The second-order valence-electron chi connectivity index (χ2n) is 8.24. The molecule has 182 valence electrons. The Morgan fingerprint density at radius 1 is 1.00 bits per heavy atom. The molecule has 4 rings (SSSR count). The number of aliphatic imine (C=N–C) groups is 1. The Bertz CT molecular complexity index is 1410. The number of fused-ring (bicyclic) bond motifs is 1. The summed E-state index contributed by atoms with van der Waals surface area (Å²) in [5, 5.41) is 2.85. The van der Waals surface area contributed by atoms with Crippen molar-refractivity contribution in [1.29, 1.82) is 0 Å². The van der Waals surface area contributed by atoms with Crippen LogP contribution in [0.15, 0.2) is 76.5 Å². The summed E-state index contributed by atoms with van der Waals surface area (Å²) in [5.41, 5.74) is 12.8. The molecule has 1 atom stereocenters. The molecule has 3 aromatic rings. The summed E-state index contributed by atoms with van der Waals surface area (Å²) in [6.45, 7) is 0.255. The molecule has 1 amide bonds. The third-order valence-electron chi connectivity index (χ3n) is 5.62. The van der Waals surface area contributed by atoms with E-state index < -0.39 is 21.6 Å². The summed E-state index contributed by atoms with van der Waals surface area (Å²) in [5.74, 6) is -0.623. The van der Waals surface area contributed by atoms with Crippen LogP contribution in [0.1, 0.15) is 29.3 Å². The Balaban J connectivity index is 1.46. The fourth-order valence-corrected chi connectivity index (χ4v) is 5.21. The highest BCUT2D eigenvalue weighted by molar-refractivity contribution is 7.91. The third kappa shape index (κ3) is 5.87. The highest BCUT2D eigenvalue weighted by atomic mass is 32.2. The van der Waals surface area contributed by atoms with E-state index >= 15 is 0 Å². The number of nitrogens with one attached hydrogen (secondary N) is 2. The molecule has 2 heterocycles. The molecule has 10 nitrogen and oxygen atoms in total. The summed E-state index contributed by atoms with van der Waals surface area (Å²) in [7, 11) is -3.81. The zero-order valence-corrected chi connectivity index (χ0v) is 19.7. The van der Waals surface area contributed by atoms with Gasteiger partial charge in [-0.1, -0.05) is 42.5 Å². The first-order valence-electron chi connectivity index (χ1n) is 11.0. The van der Waals surface area contributed by atoms with Crippen LogP contribution in [0.2, 0.25) is 0 Å². The monoisotopic (exact) mass is 494 g/mol. The van der Waals surface area contributed by atoms with E-state index in [0.717, 1.165) is 5.56 Å². The van der Waals surface area contributed by atoms with Crippen LogP contribution in [0.25, 0.3) is 0 Å². The van der Waals surface area contributed by atoms with Crippen LogP contribution < -0.4 is 27.1 Å². The number of aryl methyl sites for hydroxylation is 1. The highest BCUT2D eigenvalue weighted by Gasteiger charge is 2.30. The van der Waals surface area contributed by atoms with Crippen LogP contribution in [-0.4, -0.2) is 24.9 Å². The van der Waals surface area contributed by atoms with Gasteiger partial charge in [-0.2, -0.15) is 0 Å². The number of rotatable bonds is 8. The minimum atomic E-state index is -3.81. The van der Waals surface area contributed by atoms with Gasteiger partial charge in [-0.3, -0.25) is 18.9 Å². The normalized spacial score (nSPS) is 14.7. The first kappa shape index (κ1) is 24.0. The molecule has 0 bridgehead atoms. The van der Waals surface area contributed by atoms with E-state index in [1.165, 1.54) is 10.6 Å². The average molecular weight is 495 g/mol. The number of nitrogens with zero attached hydrogens (tertiary/aromatic N) is 2. The quantitative estimate of drug-likeness (QED) is 0.274. The summed E-state index contributed by atoms with van der Waals surface area (Å²) < 4.78 is 29.0. The summed E-state index contributed by atoms with van der Waals surface area (Å²) in [6, 6.07) is 18.1. The van der Waals surface area contributed by atoms with Gasteiger partial charge in [0.1, 0.15) is 11.7 Å². The second kappa shape index (κ2) is 10.0. The van der Waals surface area contributed by atoms with Gasteiger partial charge in [0.25, 0.3) is 5.56 Å². The molecular weight excluding hydrogens is 468 g/mol. The lowest BCUT2D eigenvalue weighted by molar-refractivity contribution is -0.124. The second-order valence-corrected chi connectivity index (χ2v) is 9.96. The van der Waals surface area contributed by atoms with Crippen molar-refractivity contribution in [2.24, 2.45) is 16.5 Å². The number of nitrogens with two attached hydrogens (primary N) is 2. The van der Waals surface area contributed by atoms with Gasteiger partial charge in [0.2, 0.25) is 15.9 Å². The number of pyridine rings is 1. The number of aromatic nitrogens is 1. The average Bonchev–Trinajstić information content (AvgIpc) is 3.25. The lowest BCUT2D eigenvalue weighted by Gasteiger charge is -2.16. The van der Waals surface area contributed by atoms with Crippen molar-refractivity contribution in [3.05, 3.63) is 93.9 Å². The van der Waals surface area contributed by atoms with Crippen LogP contribution in [0.3, 0.4) is 0 Å². The first-order chi connectivity index (χ1) is 16.7. The number of amides is 1. The van der Waals surface area contributed by atoms with E-state index in [4.69, 9.17) is 11.5 Å². The zero-order valence-electron chi connectivity index (χ0n) is 18.8. The Kier molecular flexibility index (Phi) is 6.87. The number of carbonyl (C=O) groups is 1. The van der Waals surface area contributed by atoms with Gasteiger partial charge in [0.05, 0.1) is 11.4 Å². The van der Waals surface area contributed by atoms with Crippen molar-refractivity contribution < 1.29 is 13.2 Å². The molecule has 1 aliphatic heterocycles. The number of benzene rings is 2. The SMILES string of the molecule is NC(N)=Nc1ccc(CNC(=O)C2CCc3ccc(NS(=O)(=O)Cc4ccccc4)c(=O)n32)cc1. The van der Waals surface area contributed by atoms with Gasteiger partial charge >= 0.3 is 0 Å². The predicted molar refractivity (Wildman–Crippen MR) is 135 cm³/mol. The van der Waals surface area contributed by atoms with Gasteiger partial charge in [-0.25, -0.2) is 13.4 Å². The van der Waals surface area contributed by atoms with E-state index in [1.54, 1.807) is 60.7 Å². The van der Waals surface area contributed by atoms with Gasteiger partial charge in [-0.05, 0) is 48.2 Å². The number of sulfonamides is 1. The fraction of sp³-hybridized carbons (Fsp3) is 0.208. The van der Waals surface area contributed by atoms with Crippen LogP contribution in [-0.2, 0) is 33.5 Å². The number of carbonyl (C=O) groups excluding carboxylic acids is 1. The zero-order chi connectivity index (χ0) is 25.0. The maximum Gasteiger partial charge on any atom is 0.275 e. The third-order valence-corrected chi connectivity index (χ3v) is 6.86. The molecule has 0 radical (unpaired) electrons. The van der Waals surface area contributed by atoms with E-state index in [-0.39, 0.29) is 29.9 Å². The molecule has 35 heavy (non-hydrogen) atoms. The number of guanidine groups is 1. The molecule has 1 unspecified atom stereocenters. The molecule has 0 spiro atoms. The van der Waals surface area contributed by atoms with Crippen LogP contribution in [0, 0.1) is 0 Å². The lowest BCUT2D eigenvalue weighted by Crippen LogP contribution is -2.36. The smallest absolute Gasteiger partial charge is 0.275 e. The van der Waals surface area contributed by atoms with E-state index in [2.05, 4.69) is 15.0 Å². The summed E-state index contributed by atoms with van der Waals surface area (Å²) in [6.07, 6.45) is 0.988. The molecule has 6 N–H and O–H groups in total. The Morgan fingerprint density at radius 3 is 2.40 bits per heavy atom.